The fraction of sp³-hybridized carbons (Fsp3) is 0.931. The molecule has 2 unspecified atom stereocenters. The van der Waals surface area contributed by atoms with Gasteiger partial charge in [-0.25, -0.2) is 0 Å². The predicted molar refractivity (Wildman–Crippen MR) is 144 cm³/mol. The minimum absolute atomic E-state index is 0.390. The lowest BCUT2D eigenvalue weighted by atomic mass is 9.85. The molecule has 2 atom stereocenters. The second kappa shape index (κ2) is 14.6. The molecular weight excluding hydrogens is 436 g/mol. The van der Waals surface area contributed by atoms with Gasteiger partial charge in [-0.1, -0.05) is 68.1 Å². The Bertz CT molecular complexity index is 610. The first-order valence-electron chi connectivity index (χ1n) is 15.2. The van der Waals surface area contributed by atoms with Gasteiger partial charge in [0.25, 0.3) is 0 Å². The van der Waals surface area contributed by atoms with Crippen molar-refractivity contribution in [2.24, 2.45) is 22.1 Å². The van der Waals surface area contributed by atoms with Crippen LogP contribution in [0.25, 0.3) is 0 Å². The lowest BCUT2D eigenvalue weighted by Gasteiger charge is -2.39. The highest BCUT2D eigenvalue weighted by Crippen LogP contribution is 2.31. The summed E-state index contributed by atoms with van der Waals surface area (Å²) >= 11 is 0. The molecule has 0 aromatic carbocycles. The van der Waals surface area contributed by atoms with Gasteiger partial charge in [0.1, 0.15) is 0 Å². The van der Waals surface area contributed by atoms with Crippen LogP contribution in [0.2, 0.25) is 0 Å². The molecule has 0 radical (unpaired) electrons. The van der Waals surface area contributed by atoms with E-state index in [1.165, 1.54) is 135 Å². The van der Waals surface area contributed by atoms with E-state index in [2.05, 4.69) is 20.1 Å². The van der Waals surface area contributed by atoms with E-state index in [9.17, 15) is 10.4 Å². The van der Waals surface area contributed by atoms with Gasteiger partial charge >= 0.3 is 0 Å². The molecule has 0 bridgehead atoms. The van der Waals surface area contributed by atoms with E-state index in [4.69, 9.17) is 0 Å². The monoisotopic (exact) mass is 488 g/mol. The van der Waals surface area contributed by atoms with E-state index in [-0.39, 0.29) is 0 Å². The van der Waals surface area contributed by atoms with Crippen LogP contribution in [0.4, 0.5) is 0 Å². The second-order valence-electron chi connectivity index (χ2n) is 12.0. The third-order valence-electron chi connectivity index (χ3n) is 9.75. The van der Waals surface area contributed by atoms with E-state index < -0.39 is 0 Å². The number of rotatable bonds is 6. The van der Waals surface area contributed by atoms with E-state index >= 15 is 0 Å². The van der Waals surface area contributed by atoms with Crippen LogP contribution in [0.3, 0.4) is 0 Å². The van der Waals surface area contributed by atoms with Crippen LogP contribution in [0, 0.1) is 11.8 Å². The first kappa shape index (κ1) is 26.9. The molecule has 0 aromatic rings. The second-order valence-corrected chi connectivity index (χ2v) is 12.0. The number of nitrogens with zero attached hydrogens (tertiary/aromatic N) is 4. The van der Waals surface area contributed by atoms with Crippen molar-refractivity contribution in [1.29, 1.82) is 0 Å². The lowest BCUT2D eigenvalue weighted by molar-refractivity contribution is 0.135. The Morgan fingerprint density at radius 2 is 0.943 bits per heavy atom. The van der Waals surface area contributed by atoms with Gasteiger partial charge in [0.05, 0.1) is 23.5 Å². The van der Waals surface area contributed by atoms with Crippen LogP contribution in [-0.4, -0.2) is 69.9 Å². The third-order valence-corrected chi connectivity index (χ3v) is 9.75. The molecule has 0 spiro atoms. The molecule has 35 heavy (non-hydrogen) atoms. The Kier molecular flexibility index (Phi) is 11.2. The van der Waals surface area contributed by atoms with Gasteiger partial charge < -0.3 is 10.4 Å². The molecule has 6 nitrogen and oxygen atoms in total. The molecular formula is C29H52N4O2. The zero-order valence-corrected chi connectivity index (χ0v) is 22.3. The molecule has 2 saturated carbocycles. The van der Waals surface area contributed by atoms with Gasteiger partial charge in [-0.2, -0.15) is 0 Å². The normalized spacial score (nSPS) is 32.2. The quantitative estimate of drug-likeness (QED) is 0.323. The van der Waals surface area contributed by atoms with E-state index in [0.29, 0.717) is 12.1 Å². The Morgan fingerprint density at radius 3 is 1.34 bits per heavy atom. The van der Waals surface area contributed by atoms with Crippen molar-refractivity contribution < 1.29 is 10.4 Å². The molecule has 200 valence electrons. The van der Waals surface area contributed by atoms with Crippen molar-refractivity contribution in [1.82, 2.24) is 9.80 Å². The van der Waals surface area contributed by atoms with Crippen LogP contribution in [0.1, 0.15) is 122 Å². The summed E-state index contributed by atoms with van der Waals surface area (Å²) in [4.78, 5) is 5.26. The maximum atomic E-state index is 9.58. The van der Waals surface area contributed by atoms with Crippen molar-refractivity contribution in [2.75, 3.05) is 26.2 Å². The van der Waals surface area contributed by atoms with Crippen molar-refractivity contribution in [3.05, 3.63) is 0 Å². The molecule has 2 aliphatic heterocycles. The van der Waals surface area contributed by atoms with Gasteiger partial charge in [-0.15, -0.1) is 0 Å². The van der Waals surface area contributed by atoms with Crippen molar-refractivity contribution >= 4 is 11.4 Å². The Hall–Kier alpha value is -1.14. The van der Waals surface area contributed by atoms with Gasteiger partial charge in [-0.05, 0) is 102 Å². The minimum Gasteiger partial charge on any atom is -0.411 e. The third kappa shape index (κ3) is 7.92. The number of hydrogen-bond donors (Lipinski definition) is 2. The van der Waals surface area contributed by atoms with Crippen molar-refractivity contribution in [3.8, 4) is 0 Å². The van der Waals surface area contributed by atoms with E-state index in [1.54, 1.807) is 0 Å². The van der Waals surface area contributed by atoms with Crippen LogP contribution in [-0.2, 0) is 0 Å². The summed E-state index contributed by atoms with van der Waals surface area (Å²) in [5, 5.41) is 26.6. The number of hydrogen-bond acceptors (Lipinski definition) is 6. The van der Waals surface area contributed by atoms with Crippen molar-refractivity contribution in [2.45, 2.75) is 134 Å². The van der Waals surface area contributed by atoms with Crippen LogP contribution in [0.15, 0.2) is 10.3 Å². The zero-order valence-electron chi connectivity index (χ0n) is 22.3. The molecule has 2 aliphatic carbocycles. The molecule has 2 N–H and O–H groups in total. The highest BCUT2D eigenvalue weighted by Gasteiger charge is 2.31. The summed E-state index contributed by atoms with van der Waals surface area (Å²) in [6.45, 7) is 4.73. The van der Waals surface area contributed by atoms with Gasteiger partial charge in [-0.3, -0.25) is 9.80 Å². The topological polar surface area (TPSA) is 71.7 Å². The van der Waals surface area contributed by atoms with Gasteiger partial charge in [0.2, 0.25) is 0 Å². The Labute approximate surface area is 214 Å². The average Bonchev–Trinajstić information content (AvgIpc) is 2.86. The highest BCUT2D eigenvalue weighted by molar-refractivity contribution is 5.89. The van der Waals surface area contributed by atoms with Crippen LogP contribution in [0.5, 0.6) is 0 Å². The summed E-state index contributed by atoms with van der Waals surface area (Å²) in [6.07, 6.45) is 23.9. The Morgan fingerprint density at radius 1 is 0.543 bits per heavy atom. The number of piperidine rings is 2. The zero-order chi connectivity index (χ0) is 24.3. The molecule has 2 heterocycles. The molecule has 6 heteroatoms. The van der Waals surface area contributed by atoms with Crippen LogP contribution >= 0.6 is 0 Å². The summed E-state index contributed by atoms with van der Waals surface area (Å²) in [5.74, 6) is 1.76. The standard InChI is InChI=1S/C29H52N4O2/c34-30-26-12-5-1-3-7-14-28(26)32-20-16-24(17-21-32)10-9-11-25-18-22-33(23-19-25)29-15-8-4-2-6-13-27(29)31-35/h24-25,28-29,34-35H,1-23H2. The predicted octanol–water partition coefficient (Wildman–Crippen LogP) is 6.69. The molecule has 4 fully saturated rings. The Balaban J connectivity index is 1.13. The van der Waals surface area contributed by atoms with Crippen LogP contribution < -0.4 is 0 Å². The first-order chi connectivity index (χ1) is 17.3. The highest BCUT2D eigenvalue weighted by atomic mass is 16.4. The number of oxime groups is 2. The maximum Gasteiger partial charge on any atom is 0.0742 e. The molecule has 0 amide bonds. The summed E-state index contributed by atoms with van der Waals surface area (Å²) in [7, 11) is 0. The molecule has 0 aromatic heterocycles. The largest absolute Gasteiger partial charge is 0.411 e. The van der Waals surface area contributed by atoms with Gasteiger partial charge in [0.15, 0.2) is 0 Å². The fourth-order valence-corrected chi connectivity index (χ4v) is 7.48. The summed E-state index contributed by atoms with van der Waals surface area (Å²) in [5.41, 5.74) is 2.09. The summed E-state index contributed by atoms with van der Waals surface area (Å²) < 4.78 is 0. The van der Waals surface area contributed by atoms with Gasteiger partial charge in [0, 0.05) is 0 Å². The number of likely N-dealkylation sites (tertiary alicyclic amines) is 2. The van der Waals surface area contributed by atoms with E-state index in [1.807, 2.05) is 0 Å². The lowest BCUT2D eigenvalue weighted by Crippen LogP contribution is -2.46. The van der Waals surface area contributed by atoms with E-state index in [0.717, 1.165) is 36.1 Å². The minimum atomic E-state index is 0.390. The van der Waals surface area contributed by atoms with Crippen molar-refractivity contribution in [3.63, 3.8) is 0 Å². The molecule has 2 saturated heterocycles. The smallest absolute Gasteiger partial charge is 0.0742 e. The molecule has 4 aliphatic rings. The fourth-order valence-electron chi connectivity index (χ4n) is 7.48. The summed E-state index contributed by atoms with van der Waals surface area (Å²) in [6, 6.07) is 0.779. The molecule has 4 rings (SSSR count). The first-order valence-corrected chi connectivity index (χ1v) is 15.2. The maximum absolute atomic E-state index is 9.58. The SMILES string of the molecule is ON=C1CCCCCCC1N1CCC(CCCC2CCN(C3CCCCCCC3=NO)CC2)CC1. The average molecular weight is 489 g/mol.